The highest BCUT2D eigenvalue weighted by Gasteiger charge is 2.25. The standard InChI is InChI=1S/C13H14ClN3O/c14-11-6-2-1-5-10(11)13-16-15-12-7-3-4-9(8-18)17(12)13/h1-2,5-6,9,18H,3-4,7-8H2. The lowest BCUT2D eigenvalue weighted by Gasteiger charge is -2.24. The molecule has 0 amide bonds. The lowest BCUT2D eigenvalue weighted by molar-refractivity contribution is 0.207. The van der Waals surface area contributed by atoms with Gasteiger partial charge in [0.2, 0.25) is 0 Å². The number of nitrogens with zero attached hydrogens (tertiary/aromatic N) is 3. The van der Waals surface area contributed by atoms with Gasteiger partial charge in [-0.05, 0) is 25.0 Å². The SMILES string of the molecule is OCC1CCCc2nnc(-c3ccccc3Cl)n21. The van der Waals surface area contributed by atoms with Crippen LogP contribution < -0.4 is 0 Å². The van der Waals surface area contributed by atoms with Crippen LogP contribution in [-0.2, 0) is 6.42 Å². The van der Waals surface area contributed by atoms with E-state index in [2.05, 4.69) is 10.2 Å². The van der Waals surface area contributed by atoms with Crippen LogP contribution in [0.4, 0.5) is 0 Å². The van der Waals surface area contributed by atoms with Crippen molar-refractivity contribution in [3.8, 4) is 11.4 Å². The third-order valence-corrected chi connectivity index (χ3v) is 3.72. The average molecular weight is 264 g/mol. The minimum absolute atomic E-state index is 0.0648. The molecule has 1 N–H and O–H groups in total. The van der Waals surface area contributed by atoms with Crippen molar-refractivity contribution in [2.45, 2.75) is 25.3 Å². The van der Waals surface area contributed by atoms with E-state index in [0.717, 1.165) is 36.5 Å². The highest BCUT2D eigenvalue weighted by molar-refractivity contribution is 6.33. The Hall–Kier alpha value is -1.39. The Morgan fingerprint density at radius 2 is 2.17 bits per heavy atom. The van der Waals surface area contributed by atoms with Gasteiger partial charge in [0.25, 0.3) is 0 Å². The summed E-state index contributed by atoms with van der Waals surface area (Å²) in [5.41, 5.74) is 0.873. The van der Waals surface area contributed by atoms with E-state index in [1.54, 1.807) is 0 Å². The van der Waals surface area contributed by atoms with Gasteiger partial charge in [0.15, 0.2) is 5.82 Å². The first-order valence-corrected chi connectivity index (χ1v) is 6.48. The molecule has 4 nitrogen and oxygen atoms in total. The molecule has 1 aromatic heterocycles. The van der Waals surface area contributed by atoms with E-state index < -0.39 is 0 Å². The van der Waals surface area contributed by atoms with Crippen LogP contribution in [0.5, 0.6) is 0 Å². The third-order valence-electron chi connectivity index (χ3n) is 3.39. The van der Waals surface area contributed by atoms with Gasteiger partial charge in [0.05, 0.1) is 17.7 Å². The minimum Gasteiger partial charge on any atom is -0.394 e. The van der Waals surface area contributed by atoms with Crippen LogP contribution in [0.25, 0.3) is 11.4 Å². The zero-order chi connectivity index (χ0) is 12.5. The number of aliphatic hydroxyl groups is 1. The molecule has 5 heteroatoms. The normalized spacial score (nSPS) is 18.7. The van der Waals surface area contributed by atoms with E-state index in [1.807, 2.05) is 28.8 Å². The molecule has 1 atom stereocenters. The van der Waals surface area contributed by atoms with Crippen LogP contribution in [0.1, 0.15) is 24.7 Å². The van der Waals surface area contributed by atoms with Gasteiger partial charge < -0.3 is 9.67 Å². The molecule has 2 heterocycles. The van der Waals surface area contributed by atoms with Crippen molar-refractivity contribution >= 4 is 11.6 Å². The molecule has 2 aromatic rings. The first kappa shape index (κ1) is 11.7. The molecule has 1 aliphatic heterocycles. The quantitative estimate of drug-likeness (QED) is 0.906. The third kappa shape index (κ3) is 1.82. The molecule has 0 saturated carbocycles. The number of benzene rings is 1. The summed E-state index contributed by atoms with van der Waals surface area (Å²) in [7, 11) is 0. The number of aryl methyl sites for hydroxylation is 1. The summed E-state index contributed by atoms with van der Waals surface area (Å²) in [5.74, 6) is 1.70. The fourth-order valence-corrected chi connectivity index (χ4v) is 2.72. The predicted octanol–water partition coefficient (Wildman–Crippen LogP) is 2.47. The molecule has 0 aliphatic carbocycles. The van der Waals surface area contributed by atoms with E-state index in [1.165, 1.54) is 0 Å². The minimum atomic E-state index is 0.0648. The summed E-state index contributed by atoms with van der Waals surface area (Å²) in [6, 6.07) is 7.66. The maximum Gasteiger partial charge on any atom is 0.165 e. The first-order chi connectivity index (χ1) is 8.81. The molecule has 18 heavy (non-hydrogen) atoms. The highest BCUT2D eigenvalue weighted by Crippen LogP contribution is 2.32. The number of hydrogen-bond acceptors (Lipinski definition) is 3. The highest BCUT2D eigenvalue weighted by atomic mass is 35.5. The number of rotatable bonds is 2. The maximum absolute atomic E-state index is 9.49. The lowest BCUT2D eigenvalue weighted by atomic mass is 10.0. The summed E-state index contributed by atoms with van der Waals surface area (Å²) >= 11 is 6.21. The summed E-state index contributed by atoms with van der Waals surface area (Å²) in [6.45, 7) is 0.114. The Kier molecular flexibility index (Phi) is 3.06. The van der Waals surface area contributed by atoms with Gasteiger partial charge in [0, 0.05) is 12.0 Å². The van der Waals surface area contributed by atoms with E-state index in [4.69, 9.17) is 11.6 Å². The maximum atomic E-state index is 9.49. The predicted molar refractivity (Wildman–Crippen MR) is 69.5 cm³/mol. The number of halogens is 1. The van der Waals surface area contributed by atoms with Crippen molar-refractivity contribution in [3.05, 3.63) is 35.1 Å². The summed E-state index contributed by atoms with van der Waals surface area (Å²) < 4.78 is 2.03. The number of fused-ring (bicyclic) bond motifs is 1. The van der Waals surface area contributed by atoms with E-state index in [-0.39, 0.29) is 12.6 Å². The molecule has 0 bridgehead atoms. The zero-order valence-corrected chi connectivity index (χ0v) is 10.6. The van der Waals surface area contributed by atoms with Gasteiger partial charge >= 0.3 is 0 Å². The van der Waals surface area contributed by atoms with Crippen LogP contribution in [0.2, 0.25) is 5.02 Å². The van der Waals surface area contributed by atoms with Crippen LogP contribution in [0.15, 0.2) is 24.3 Å². The van der Waals surface area contributed by atoms with Crippen molar-refractivity contribution in [3.63, 3.8) is 0 Å². The van der Waals surface area contributed by atoms with Crippen LogP contribution in [-0.4, -0.2) is 26.5 Å². The lowest BCUT2D eigenvalue weighted by Crippen LogP contribution is -2.21. The van der Waals surface area contributed by atoms with Gasteiger partial charge in [-0.1, -0.05) is 23.7 Å². The molecule has 0 spiro atoms. The topological polar surface area (TPSA) is 50.9 Å². The monoisotopic (exact) mass is 263 g/mol. The molecule has 3 rings (SSSR count). The second kappa shape index (κ2) is 4.71. The Morgan fingerprint density at radius 1 is 1.33 bits per heavy atom. The van der Waals surface area contributed by atoms with Gasteiger partial charge in [-0.3, -0.25) is 0 Å². The number of aromatic nitrogens is 3. The zero-order valence-electron chi connectivity index (χ0n) is 9.88. The summed E-state index contributed by atoms with van der Waals surface area (Å²) in [6.07, 6.45) is 2.92. The second-order valence-corrected chi connectivity index (χ2v) is 4.93. The molecule has 0 fully saturated rings. The molecular formula is C13H14ClN3O. The molecule has 0 saturated heterocycles. The van der Waals surface area contributed by atoms with Crippen molar-refractivity contribution in [1.29, 1.82) is 0 Å². The smallest absolute Gasteiger partial charge is 0.165 e. The molecule has 1 aromatic carbocycles. The molecule has 1 aliphatic rings. The van der Waals surface area contributed by atoms with Gasteiger partial charge in [-0.15, -0.1) is 10.2 Å². The Labute approximate surface area is 110 Å². The van der Waals surface area contributed by atoms with Crippen LogP contribution in [0, 0.1) is 0 Å². The molecule has 1 unspecified atom stereocenters. The number of aliphatic hydroxyl groups excluding tert-OH is 1. The molecule has 0 radical (unpaired) electrons. The second-order valence-electron chi connectivity index (χ2n) is 4.52. The molecule has 94 valence electrons. The largest absolute Gasteiger partial charge is 0.394 e. The summed E-state index contributed by atoms with van der Waals surface area (Å²) in [5, 5.41) is 18.6. The Balaban J connectivity index is 2.14. The fraction of sp³-hybridized carbons (Fsp3) is 0.385. The van der Waals surface area contributed by atoms with Crippen molar-refractivity contribution in [2.75, 3.05) is 6.61 Å². The van der Waals surface area contributed by atoms with E-state index >= 15 is 0 Å². The Morgan fingerprint density at radius 3 is 2.94 bits per heavy atom. The van der Waals surface area contributed by atoms with Gasteiger partial charge in [0.1, 0.15) is 5.82 Å². The fourth-order valence-electron chi connectivity index (χ4n) is 2.50. The Bertz CT molecular complexity index is 567. The van der Waals surface area contributed by atoms with Crippen LogP contribution >= 0.6 is 11.6 Å². The molecular weight excluding hydrogens is 250 g/mol. The first-order valence-electron chi connectivity index (χ1n) is 6.11. The van der Waals surface area contributed by atoms with Crippen LogP contribution in [0.3, 0.4) is 0 Å². The van der Waals surface area contributed by atoms with Crippen molar-refractivity contribution < 1.29 is 5.11 Å². The van der Waals surface area contributed by atoms with Crippen molar-refractivity contribution in [1.82, 2.24) is 14.8 Å². The number of hydrogen-bond donors (Lipinski definition) is 1. The van der Waals surface area contributed by atoms with Gasteiger partial charge in [-0.2, -0.15) is 0 Å². The van der Waals surface area contributed by atoms with Gasteiger partial charge in [-0.25, -0.2) is 0 Å². The van der Waals surface area contributed by atoms with E-state index in [9.17, 15) is 5.11 Å². The average Bonchev–Trinajstić information content (AvgIpc) is 2.83. The summed E-state index contributed by atoms with van der Waals surface area (Å²) in [4.78, 5) is 0. The van der Waals surface area contributed by atoms with Crippen molar-refractivity contribution in [2.24, 2.45) is 0 Å². The van der Waals surface area contributed by atoms with E-state index in [0.29, 0.717) is 5.02 Å².